The van der Waals surface area contributed by atoms with Crippen molar-refractivity contribution >= 4 is 21.5 Å². The molecule has 0 aliphatic rings. The van der Waals surface area contributed by atoms with Crippen molar-refractivity contribution in [2.45, 2.75) is 16.3 Å². The normalized spacial score (nSPS) is 11.5. The van der Waals surface area contributed by atoms with Crippen LogP contribution in [-0.4, -0.2) is 29.1 Å². The summed E-state index contributed by atoms with van der Waals surface area (Å²) >= 11 is 0. The highest BCUT2D eigenvalue weighted by atomic mass is 32.2. The highest BCUT2D eigenvalue weighted by molar-refractivity contribution is 7.91. The first-order chi connectivity index (χ1) is 16.1. The number of benzene rings is 2. The second kappa shape index (κ2) is 9.76. The zero-order valence-corrected chi connectivity index (χ0v) is 18.1. The molecule has 2 aromatic heterocycles. The fourth-order valence-electron chi connectivity index (χ4n) is 3.03. The Morgan fingerprint density at radius 1 is 1.00 bits per heavy atom. The summed E-state index contributed by atoms with van der Waals surface area (Å²) in [6, 6.07) is 18.4. The third-order valence-electron chi connectivity index (χ3n) is 4.67. The standard InChI is InChI=1S/C23H19N7O2S/c24-17-27-23(29-19-9-12-25-13-10-19)26-16-18-5-7-21(8-6-18)33(31,32)22-4-1-3-20(15-22)30-14-2-11-28-30/h1-15H,16H2,(H2,25,26,27,29). The molecule has 0 radical (unpaired) electrons. The van der Waals surface area contributed by atoms with Crippen LogP contribution in [0.2, 0.25) is 0 Å². The van der Waals surface area contributed by atoms with E-state index in [9.17, 15) is 8.42 Å². The van der Waals surface area contributed by atoms with E-state index in [2.05, 4.69) is 25.7 Å². The van der Waals surface area contributed by atoms with Crippen molar-refractivity contribution in [2.75, 3.05) is 5.32 Å². The molecule has 0 fully saturated rings. The van der Waals surface area contributed by atoms with Gasteiger partial charge in [0.2, 0.25) is 15.8 Å². The molecule has 0 unspecified atom stereocenters. The van der Waals surface area contributed by atoms with E-state index in [0.29, 0.717) is 5.69 Å². The monoisotopic (exact) mass is 457 g/mol. The van der Waals surface area contributed by atoms with Crippen LogP contribution in [0.4, 0.5) is 5.69 Å². The maximum Gasteiger partial charge on any atom is 0.209 e. The van der Waals surface area contributed by atoms with Gasteiger partial charge in [-0.05, 0) is 54.1 Å². The molecule has 4 rings (SSSR count). The van der Waals surface area contributed by atoms with Crippen molar-refractivity contribution in [2.24, 2.45) is 4.99 Å². The third kappa shape index (κ3) is 5.23. The summed E-state index contributed by atoms with van der Waals surface area (Å²) in [4.78, 5) is 8.67. The van der Waals surface area contributed by atoms with E-state index in [-0.39, 0.29) is 22.3 Å². The molecule has 0 saturated carbocycles. The van der Waals surface area contributed by atoms with Crippen molar-refractivity contribution in [1.82, 2.24) is 20.1 Å². The Labute approximate surface area is 191 Å². The zero-order valence-electron chi connectivity index (χ0n) is 17.3. The fraction of sp³-hybridized carbons (Fsp3) is 0.0435. The summed E-state index contributed by atoms with van der Waals surface area (Å²) in [6.07, 6.45) is 8.47. The van der Waals surface area contributed by atoms with Gasteiger partial charge in [0.25, 0.3) is 0 Å². The fourth-order valence-corrected chi connectivity index (χ4v) is 4.33. The van der Waals surface area contributed by atoms with E-state index in [1.165, 1.54) is 0 Å². The van der Waals surface area contributed by atoms with Gasteiger partial charge in [-0.3, -0.25) is 10.3 Å². The second-order valence-electron chi connectivity index (χ2n) is 6.86. The summed E-state index contributed by atoms with van der Waals surface area (Å²) in [7, 11) is -3.70. The number of hydrogen-bond acceptors (Lipinski definition) is 6. The molecule has 0 spiro atoms. The molecule has 10 heteroatoms. The molecular weight excluding hydrogens is 438 g/mol. The van der Waals surface area contributed by atoms with Crippen LogP contribution in [0.15, 0.2) is 106 Å². The van der Waals surface area contributed by atoms with Gasteiger partial charge in [0.05, 0.1) is 22.0 Å². The van der Waals surface area contributed by atoms with Crippen LogP contribution in [0.3, 0.4) is 0 Å². The number of pyridine rings is 1. The van der Waals surface area contributed by atoms with E-state index < -0.39 is 9.84 Å². The summed E-state index contributed by atoms with van der Waals surface area (Å²) in [5, 5.41) is 18.6. The lowest BCUT2D eigenvalue weighted by atomic mass is 10.2. The van der Waals surface area contributed by atoms with E-state index in [1.807, 2.05) is 6.19 Å². The van der Waals surface area contributed by atoms with Gasteiger partial charge < -0.3 is 5.32 Å². The molecule has 0 bridgehead atoms. The predicted octanol–water partition coefficient (Wildman–Crippen LogP) is 3.14. The molecule has 0 aliphatic carbocycles. The Morgan fingerprint density at radius 2 is 1.79 bits per heavy atom. The molecule has 0 aliphatic heterocycles. The van der Waals surface area contributed by atoms with E-state index >= 15 is 0 Å². The molecule has 33 heavy (non-hydrogen) atoms. The molecule has 164 valence electrons. The van der Waals surface area contributed by atoms with Crippen molar-refractivity contribution in [3.63, 3.8) is 0 Å². The lowest BCUT2D eigenvalue weighted by molar-refractivity contribution is 0.596. The first-order valence-corrected chi connectivity index (χ1v) is 11.4. The Morgan fingerprint density at radius 3 is 2.48 bits per heavy atom. The lowest BCUT2D eigenvalue weighted by Crippen LogP contribution is -2.26. The molecule has 2 aromatic carbocycles. The number of aromatic nitrogens is 3. The van der Waals surface area contributed by atoms with E-state index in [0.717, 1.165) is 11.3 Å². The number of aliphatic imine (C=N–C) groups is 1. The Hall–Kier alpha value is -4.49. The first kappa shape index (κ1) is 21.7. The van der Waals surface area contributed by atoms with Crippen LogP contribution in [0.5, 0.6) is 0 Å². The highest BCUT2D eigenvalue weighted by Gasteiger charge is 2.18. The number of rotatable bonds is 6. The Balaban J connectivity index is 1.51. The smallest absolute Gasteiger partial charge is 0.209 e. The number of nitriles is 1. The van der Waals surface area contributed by atoms with Crippen molar-refractivity contribution < 1.29 is 8.42 Å². The number of nitrogens with one attached hydrogen (secondary N) is 2. The van der Waals surface area contributed by atoms with Gasteiger partial charge in [-0.25, -0.2) is 18.1 Å². The van der Waals surface area contributed by atoms with Gasteiger partial charge in [-0.15, -0.1) is 0 Å². The number of hydrogen-bond donors (Lipinski definition) is 2. The average Bonchev–Trinajstić information content (AvgIpc) is 3.39. The molecule has 2 heterocycles. The molecule has 9 nitrogen and oxygen atoms in total. The molecule has 4 aromatic rings. The Kier molecular flexibility index (Phi) is 6.43. The average molecular weight is 458 g/mol. The summed E-state index contributed by atoms with van der Waals surface area (Å²) < 4.78 is 27.8. The topological polar surface area (TPSA) is 125 Å². The van der Waals surface area contributed by atoms with Crippen molar-refractivity contribution in [3.05, 3.63) is 97.1 Å². The quantitative estimate of drug-likeness (QED) is 0.197. The summed E-state index contributed by atoms with van der Waals surface area (Å²) in [5.41, 5.74) is 2.17. The van der Waals surface area contributed by atoms with E-state index in [1.54, 1.807) is 96.2 Å². The molecule has 0 amide bonds. The first-order valence-electron chi connectivity index (χ1n) is 9.87. The van der Waals surface area contributed by atoms with Crippen LogP contribution in [0.25, 0.3) is 5.69 Å². The largest absolute Gasteiger partial charge is 0.325 e. The number of anilines is 1. The lowest BCUT2D eigenvalue weighted by Gasteiger charge is -2.09. The van der Waals surface area contributed by atoms with Gasteiger partial charge in [-0.2, -0.15) is 10.4 Å². The molecular formula is C23H19N7O2S. The summed E-state index contributed by atoms with van der Waals surface area (Å²) in [5.74, 6) is 0.274. The van der Waals surface area contributed by atoms with Gasteiger partial charge in [0, 0.05) is 30.5 Å². The SMILES string of the molecule is N#CNC(=NCc1ccc(S(=O)(=O)c2cccc(-n3cccn3)c2)cc1)Nc1ccncc1. The van der Waals surface area contributed by atoms with Gasteiger partial charge in [0.1, 0.15) is 0 Å². The number of guanidine groups is 1. The maximum absolute atomic E-state index is 13.1. The minimum Gasteiger partial charge on any atom is -0.325 e. The summed E-state index contributed by atoms with van der Waals surface area (Å²) in [6.45, 7) is 0.247. The zero-order chi connectivity index (χ0) is 23.1. The van der Waals surface area contributed by atoms with Crippen LogP contribution in [-0.2, 0) is 16.4 Å². The minimum absolute atomic E-state index is 0.179. The van der Waals surface area contributed by atoms with Crippen LogP contribution in [0, 0.1) is 11.5 Å². The molecule has 2 N–H and O–H groups in total. The van der Waals surface area contributed by atoms with Crippen LogP contribution in [0.1, 0.15) is 5.56 Å². The molecule has 0 atom stereocenters. The predicted molar refractivity (Wildman–Crippen MR) is 123 cm³/mol. The maximum atomic E-state index is 13.1. The van der Waals surface area contributed by atoms with Gasteiger partial charge in [0.15, 0.2) is 6.19 Å². The van der Waals surface area contributed by atoms with Gasteiger partial charge in [-0.1, -0.05) is 18.2 Å². The van der Waals surface area contributed by atoms with Gasteiger partial charge >= 0.3 is 0 Å². The second-order valence-corrected chi connectivity index (χ2v) is 8.81. The number of nitrogens with zero attached hydrogens (tertiary/aromatic N) is 5. The number of sulfone groups is 1. The highest BCUT2D eigenvalue weighted by Crippen LogP contribution is 2.23. The molecule has 0 saturated heterocycles. The van der Waals surface area contributed by atoms with Crippen LogP contribution >= 0.6 is 0 Å². The Bertz CT molecular complexity index is 1390. The van der Waals surface area contributed by atoms with Crippen molar-refractivity contribution in [3.8, 4) is 11.9 Å². The third-order valence-corrected chi connectivity index (χ3v) is 6.43. The van der Waals surface area contributed by atoms with Crippen molar-refractivity contribution in [1.29, 1.82) is 5.26 Å². The van der Waals surface area contributed by atoms with Crippen LogP contribution < -0.4 is 10.6 Å². The minimum atomic E-state index is -3.70. The van der Waals surface area contributed by atoms with E-state index in [4.69, 9.17) is 5.26 Å².